The maximum absolute atomic E-state index is 12.2. The molecule has 1 aliphatic rings. The predicted octanol–water partition coefficient (Wildman–Crippen LogP) is 2.42. The van der Waals surface area contributed by atoms with E-state index in [1.807, 2.05) is 43.6 Å². The molecule has 6 heteroatoms. The Kier molecular flexibility index (Phi) is 5.11. The van der Waals surface area contributed by atoms with Crippen LogP contribution in [0, 0.1) is 5.92 Å². The minimum Gasteiger partial charge on any atom is -0.444 e. The van der Waals surface area contributed by atoms with Gasteiger partial charge in [0.05, 0.1) is 6.20 Å². The predicted molar refractivity (Wildman–Crippen MR) is 85.6 cm³/mol. The van der Waals surface area contributed by atoms with Crippen LogP contribution in [-0.4, -0.2) is 46.5 Å². The van der Waals surface area contributed by atoms with E-state index in [2.05, 4.69) is 23.5 Å². The molecular formula is C16H28N4O2. The van der Waals surface area contributed by atoms with Crippen LogP contribution >= 0.6 is 0 Å². The van der Waals surface area contributed by atoms with Crippen LogP contribution in [-0.2, 0) is 11.3 Å². The van der Waals surface area contributed by atoms with Crippen LogP contribution in [0.25, 0.3) is 0 Å². The third-order valence-electron chi connectivity index (χ3n) is 4.00. The summed E-state index contributed by atoms with van der Waals surface area (Å²) in [5, 5.41) is 7.72. The first-order valence-corrected chi connectivity index (χ1v) is 8.01. The SMILES string of the molecule is CCn1cc(C(NC)C2CCN(C(=O)OC(C)(C)C)C2)cn1. The number of hydrogen-bond donors (Lipinski definition) is 1. The van der Waals surface area contributed by atoms with E-state index < -0.39 is 5.60 Å². The molecule has 6 nitrogen and oxygen atoms in total. The number of rotatable bonds is 4. The largest absolute Gasteiger partial charge is 0.444 e. The number of aryl methyl sites for hydroxylation is 1. The first-order valence-electron chi connectivity index (χ1n) is 8.01. The average Bonchev–Trinajstić information content (AvgIpc) is 3.07. The summed E-state index contributed by atoms with van der Waals surface area (Å²) >= 11 is 0. The van der Waals surface area contributed by atoms with Gasteiger partial charge in [0, 0.05) is 37.4 Å². The second kappa shape index (κ2) is 6.69. The van der Waals surface area contributed by atoms with Crippen LogP contribution in [0.3, 0.4) is 0 Å². The lowest BCUT2D eigenvalue weighted by atomic mass is 9.94. The fraction of sp³-hybridized carbons (Fsp3) is 0.750. The molecule has 2 rings (SSSR count). The topological polar surface area (TPSA) is 59.4 Å². The summed E-state index contributed by atoms with van der Waals surface area (Å²) in [6.45, 7) is 10.1. The van der Waals surface area contributed by atoms with E-state index in [0.29, 0.717) is 5.92 Å². The Morgan fingerprint density at radius 1 is 1.55 bits per heavy atom. The van der Waals surface area contributed by atoms with Crippen molar-refractivity contribution >= 4 is 6.09 Å². The Morgan fingerprint density at radius 3 is 2.82 bits per heavy atom. The van der Waals surface area contributed by atoms with Crippen LogP contribution in [0.1, 0.15) is 45.7 Å². The molecule has 1 amide bonds. The molecule has 2 heterocycles. The van der Waals surface area contributed by atoms with Crippen LogP contribution in [0.15, 0.2) is 12.4 Å². The molecule has 0 aromatic carbocycles. The number of likely N-dealkylation sites (tertiary alicyclic amines) is 1. The molecule has 2 atom stereocenters. The van der Waals surface area contributed by atoms with E-state index in [1.165, 1.54) is 5.56 Å². The van der Waals surface area contributed by atoms with Gasteiger partial charge in [-0.3, -0.25) is 4.68 Å². The maximum Gasteiger partial charge on any atom is 0.410 e. The molecule has 0 bridgehead atoms. The van der Waals surface area contributed by atoms with Crippen molar-refractivity contribution in [3.05, 3.63) is 18.0 Å². The average molecular weight is 308 g/mol. The van der Waals surface area contributed by atoms with Gasteiger partial charge in [0.1, 0.15) is 5.60 Å². The van der Waals surface area contributed by atoms with E-state index in [1.54, 1.807) is 0 Å². The molecular weight excluding hydrogens is 280 g/mol. The fourth-order valence-corrected chi connectivity index (χ4v) is 2.94. The number of hydrogen-bond acceptors (Lipinski definition) is 4. The summed E-state index contributed by atoms with van der Waals surface area (Å²) in [5.41, 5.74) is 0.736. The molecule has 2 unspecified atom stereocenters. The number of amides is 1. The molecule has 1 N–H and O–H groups in total. The molecule has 124 valence electrons. The molecule has 1 fully saturated rings. The van der Waals surface area contributed by atoms with Crippen molar-refractivity contribution in [3.8, 4) is 0 Å². The molecule has 1 aromatic heterocycles. The summed E-state index contributed by atoms with van der Waals surface area (Å²) in [6, 6.07) is 0.215. The van der Waals surface area contributed by atoms with E-state index in [0.717, 1.165) is 26.1 Å². The van der Waals surface area contributed by atoms with E-state index in [-0.39, 0.29) is 12.1 Å². The van der Waals surface area contributed by atoms with Crippen molar-refractivity contribution in [2.24, 2.45) is 5.92 Å². The lowest BCUT2D eigenvalue weighted by Crippen LogP contribution is -2.36. The Morgan fingerprint density at radius 2 is 2.27 bits per heavy atom. The highest BCUT2D eigenvalue weighted by Crippen LogP contribution is 2.30. The highest BCUT2D eigenvalue weighted by Gasteiger charge is 2.34. The van der Waals surface area contributed by atoms with E-state index in [9.17, 15) is 4.79 Å². The van der Waals surface area contributed by atoms with Crippen molar-refractivity contribution in [3.63, 3.8) is 0 Å². The van der Waals surface area contributed by atoms with Crippen LogP contribution < -0.4 is 5.32 Å². The highest BCUT2D eigenvalue weighted by atomic mass is 16.6. The molecule has 0 saturated carbocycles. The van der Waals surface area contributed by atoms with Gasteiger partial charge in [-0.15, -0.1) is 0 Å². The van der Waals surface area contributed by atoms with Gasteiger partial charge in [-0.05, 0) is 47.1 Å². The Labute approximate surface area is 132 Å². The molecule has 1 saturated heterocycles. The van der Waals surface area contributed by atoms with Crippen LogP contribution in [0.5, 0.6) is 0 Å². The minimum atomic E-state index is -0.445. The molecule has 1 aromatic rings. The smallest absolute Gasteiger partial charge is 0.410 e. The number of carbonyl (C=O) groups is 1. The van der Waals surface area contributed by atoms with Gasteiger partial charge in [-0.2, -0.15) is 5.10 Å². The Bertz CT molecular complexity index is 506. The number of ether oxygens (including phenoxy) is 1. The van der Waals surface area contributed by atoms with Crippen molar-refractivity contribution < 1.29 is 9.53 Å². The first-order chi connectivity index (χ1) is 10.3. The fourth-order valence-electron chi connectivity index (χ4n) is 2.94. The van der Waals surface area contributed by atoms with Crippen molar-refractivity contribution in [2.45, 2.75) is 52.3 Å². The second-order valence-electron chi connectivity index (χ2n) is 6.87. The summed E-state index contributed by atoms with van der Waals surface area (Å²) in [7, 11) is 1.96. The van der Waals surface area contributed by atoms with Gasteiger partial charge in [-0.1, -0.05) is 0 Å². The number of carbonyl (C=O) groups excluding carboxylic acids is 1. The van der Waals surface area contributed by atoms with E-state index in [4.69, 9.17) is 4.74 Å². The lowest BCUT2D eigenvalue weighted by Gasteiger charge is -2.25. The van der Waals surface area contributed by atoms with E-state index >= 15 is 0 Å². The van der Waals surface area contributed by atoms with Crippen molar-refractivity contribution in [2.75, 3.05) is 20.1 Å². The molecule has 0 radical (unpaired) electrons. The first kappa shape index (κ1) is 16.8. The van der Waals surface area contributed by atoms with Gasteiger partial charge >= 0.3 is 6.09 Å². The second-order valence-corrected chi connectivity index (χ2v) is 6.87. The van der Waals surface area contributed by atoms with Crippen molar-refractivity contribution in [1.29, 1.82) is 0 Å². The molecule has 0 spiro atoms. The summed E-state index contributed by atoms with van der Waals surface area (Å²) in [4.78, 5) is 14.0. The minimum absolute atomic E-state index is 0.214. The third kappa shape index (κ3) is 4.00. The Balaban J connectivity index is 2.00. The molecule has 1 aliphatic heterocycles. The highest BCUT2D eigenvalue weighted by molar-refractivity contribution is 5.68. The summed E-state index contributed by atoms with van der Waals surface area (Å²) < 4.78 is 7.39. The normalized spacial score (nSPS) is 20.2. The third-order valence-corrected chi connectivity index (χ3v) is 4.00. The zero-order chi connectivity index (χ0) is 16.3. The summed E-state index contributed by atoms with van der Waals surface area (Å²) in [5.74, 6) is 0.382. The zero-order valence-corrected chi connectivity index (χ0v) is 14.3. The van der Waals surface area contributed by atoms with Gasteiger partial charge in [0.2, 0.25) is 0 Å². The Hall–Kier alpha value is -1.56. The number of aromatic nitrogens is 2. The van der Waals surface area contributed by atoms with Crippen LogP contribution in [0.4, 0.5) is 4.79 Å². The van der Waals surface area contributed by atoms with Gasteiger partial charge in [0.15, 0.2) is 0 Å². The van der Waals surface area contributed by atoms with Crippen LogP contribution in [0.2, 0.25) is 0 Å². The molecule has 22 heavy (non-hydrogen) atoms. The maximum atomic E-state index is 12.2. The molecule has 0 aliphatic carbocycles. The lowest BCUT2D eigenvalue weighted by molar-refractivity contribution is 0.0285. The standard InChI is InChI=1S/C16H28N4O2/c1-6-20-11-13(9-18-20)14(17-5)12-7-8-19(10-12)15(21)22-16(2,3)4/h9,11-12,14,17H,6-8,10H2,1-5H3. The van der Waals surface area contributed by atoms with Gasteiger partial charge in [0.25, 0.3) is 0 Å². The van der Waals surface area contributed by atoms with Gasteiger partial charge < -0.3 is 15.0 Å². The summed E-state index contributed by atoms with van der Waals surface area (Å²) in [6.07, 6.45) is 4.76. The number of nitrogens with zero attached hydrogens (tertiary/aromatic N) is 3. The van der Waals surface area contributed by atoms with Crippen molar-refractivity contribution in [1.82, 2.24) is 20.0 Å². The van der Waals surface area contributed by atoms with Gasteiger partial charge in [-0.25, -0.2) is 4.79 Å². The zero-order valence-electron chi connectivity index (χ0n) is 14.3. The monoisotopic (exact) mass is 308 g/mol. The number of nitrogens with one attached hydrogen (secondary N) is 1. The quantitative estimate of drug-likeness (QED) is 0.928.